The summed E-state index contributed by atoms with van der Waals surface area (Å²) in [5, 5.41) is 17.8. The van der Waals surface area contributed by atoms with Gasteiger partial charge >= 0.3 is 6.03 Å². The Morgan fingerprint density at radius 1 is 1.40 bits per heavy atom. The van der Waals surface area contributed by atoms with E-state index < -0.39 is 0 Å². The monoisotopic (exact) mass is 299 g/mol. The van der Waals surface area contributed by atoms with Gasteiger partial charge in [0, 0.05) is 11.3 Å². The standard InChI is InChI=1S/C14H25N3O2S/c1-9(2)5-11(7-18)17-14(19)15-6-12-8-20-13(16-12)10(3)4/h8-11,18H,5-7H2,1-4H3,(H2,15,17,19). The molecule has 2 amide bonds. The van der Waals surface area contributed by atoms with E-state index in [4.69, 9.17) is 0 Å². The molecule has 1 rings (SSSR count). The largest absolute Gasteiger partial charge is 0.394 e. The molecule has 1 aromatic rings. The van der Waals surface area contributed by atoms with E-state index in [1.54, 1.807) is 11.3 Å². The maximum Gasteiger partial charge on any atom is 0.315 e. The van der Waals surface area contributed by atoms with E-state index in [1.165, 1.54) is 0 Å². The van der Waals surface area contributed by atoms with Crippen molar-refractivity contribution in [2.24, 2.45) is 5.92 Å². The normalized spacial score (nSPS) is 12.8. The lowest BCUT2D eigenvalue weighted by Crippen LogP contribution is -2.44. The molecule has 0 saturated carbocycles. The van der Waals surface area contributed by atoms with Gasteiger partial charge in [-0.25, -0.2) is 9.78 Å². The van der Waals surface area contributed by atoms with Crippen molar-refractivity contribution in [3.05, 3.63) is 16.1 Å². The van der Waals surface area contributed by atoms with E-state index >= 15 is 0 Å². The van der Waals surface area contributed by atoms with Crippen molar-refractivity contribution in [1.29, 1.82) is 0 Å². The van der Waals surface area contributed by atoms with Crippen molar-refractivity contribution >= 4 is 17.4 Å². The van der Waals surface area contributed by atoms with Crippen LogP contribution in [0.1, 0.15) is 50.7 Å². The molecule has 1 heterocycles. The Morgan fingerprint density at radius 2 is 2.10 bits per heavy atom. The summed E-state index contributed by atoms with van der Waals surface area (Å²) in [6, 6.07) is -0.458. The highest BCUT2D eigenvalue weighted by Crippen LogP contribution is 2.18. The van der Waals surface area contributed by atoms with E-state index in [-0.39, 0.29) is 18.7 Å². The number of rotatable bonds is 7. The number of carbonyl (C=O) groups is 1. The number of nitrogens with zero attached hydrogens (tertiary/aromatic N) is 1. The second kappa shape index (κ2) is 8.21. The molecule has 0 radical (unpaired) electrons. The van der Waals surface area contributed by atoms with Gasteiger partial charge in [-0.05, 0) is 12.3 Å². The summed E-state index contributed by atoms with van der Waals surface area (Å²) in [6.07, 6.45) is 0.762. The van der Waals surface area contributed by atoms with Crippen LogP contribution >= 0.6 is 11.3 Å². The van der Waals surface area contributed by atoms with E-state index in [2.05, 4.69) is 43.3 Å². The van der Waals surface area contributed by atoms with E-state index in [1.807, 2.05) is 5.38 Å². The summed E-state index contributed by atoms with van der Waals surface area (Å²) in [6.45, 7) is 8.69. The Kier molecular flexibility index (Phi) is 6.95. The zero-order valence-electron chi connectivity index (χ0n) is 12.6. The summed E-state index contributed by atoms with van der Waals surface area (Å²) in [5.74, 6) is 0.840. The lowest BCUT2D eigenvalue weighted by Gasteiger charge is -2.18. The third kappa shape index (κ3) is 5.88. The average Bonchev–Trinajstić information content (AvgIpc) is 2.84. The van der Waals surface area contributed by atoms with Crippen molar-refractivity contribution in [3.63, 3.8) is 0 Å². The third-order valence-electron chi connectivity index (χ3n) is 2.81. The minimum Gasteiger partial charge on any atom is -0.394 e. The van der Waals surface area contributed by atoms with Crippen molar-refractivity contribution < 1.29 is 9.90 Å². The van der Waals surface area contributed by atoms with Crippen LogP contribution in [0.4, 0.5) is 4.79 Å². The van der Waals surface area contributed by atoms with Crippen LogP contribution in [0.15, 0.2) is 5.38 Å². The molecule has 0 saturated heterocycles. The van der Waals surface area contributed by atoms with Crippen LogP contribution in [0.5, 0.6) is 0 Å². The topological polar surface area (TPSA) is 74.2 Å². The Hall–Kier alpha value is -1.14. The molecule has 114 valence electrons. The van der Waals surface area contributed by atoms with Gasteiger partial charge in [-0.15, -0.1) is 11.3 Å². The van der Waals surface area contributed by atoms with E-state index in [9.17, 15) is 9.90 Å². The third-order valence-corrected chi connectivity index (χ3v) is 4.00. The first-order valence-corrected chi connectivity index (χ1v) is 7.89. The fourth-order valence-corrected chi connectivity index (χ4v) is 2.66. The highest BCUT2D eigenvalue weighted by Gasteiger charge is 2.13. The molecule has 0 aliphatic heterocycles. The highest BCUT2D eigenvalue weighted by atomic mass is 32.1. The maximum atomic E-state index is 11.8. The van der Waals surface area contributed by atoms with Crippen molar-refractivity contribution in [2.45, 2.75) is 52.6 Å². The summed E-state index contributed by atoms with van der Waals surface area (Å²) in [4.78, 5) is 16.2. The number of amides is 2. The Bertz CT molecular complexity index is 418. The quantitative estimate of drug-likeness (QED) is 0.724. The molecule has 5 nitrogen and oxygen atoms in total. The summed E-state index contributed by atoms with van der Waals surface area (Å²) >= 11 is 1.61. The van der Waals surface area contributed by atoms with Gasteiger partial charge in [-0.1, -0.05) is 27.7 Å². The van der Waals surface area contributed by atoms with Gasteiger partial charge in [0.15, 0.2) is 0 Å². The molecular formula is C14H25N3O2S. The van der Waals surface area contributed by atoms with Crippen LogP contribution < -0.4 is 10.6 Å². The first-order valence-electron chi connectivity index (χ1n) is 7.01. The molecule has 0 aliphatic rings. The second-order valence-electron chi connectivity index (χ2n) is 5.67. The van der Waals surface area contributed by atoms with Crippen LogP contribution in [0.3, 0.4) is 0 Å². The number of hydrogen-bond acceptors (Lipinski definition) is 4. The van der Waals surface area contributed by atoms with Crippen LogP contribution in [0, 0.1) is 5.92 Å². The van der Waals surface area contributed by atoms with Crippen LogP contribution in [-0.2, 0) is 6.54 Å². The smallest absolute Gasteiger partial charge is 0.315 e. The molecule has 0 aliphatic carbocycles. The van der Waals surface area contributed by atoms with Gasteiger partial charge in [0.1, 0.15) is 0 Å². The SMILES string of the molecule is CC(C)CC(CO)NC(=O)NCc1csc(C(C)C)n1. The van der Waals surface area contributed by atoms with Gasteiger partial charge in [0.2, 0.25) is 0 Å². The Labute approximate surface area is 124 Å². The van der Waals surface area contributed by atoms with Crippen LogP contribution in [0.2, 0.25) is 0 Å². The fraction of sp³-hybridized carbons (Fsp3) is 0.714. The summed E-state index contributed by atoms with van der Waals surface area (Å²) in [5.41, 5.74) is 0.873. The van der Waals surface area contributed by atoms with Crippen LogP contribution in [0.25, 0.3) is 0 Å². The van der Waals surface area contributed by atoms with Gasteiger partial charge in [-0.2, -0.15) is 0 Å². The fourth-order valence-electron chi connectivity index (χ4n) is 1.82. The lowest BCUT2D eigenvalue weighted by atomic mass is 10.0. The maximum absolute atomic E-state index is 11.8. The molecule has 3 N–H and O–H groups in total. The number of urea groups is 1. The van der Waals surface area contributed by atoms with Gasteiger partial charge in [0.05, 0.1) is 29.9 Å². The van der Waals surface area contributed by atoms with Crippen LogP contribution in [-0.4, -0.2) is 28.8 Å². The molecule has 1 aromatic heterocycles. The molecule has 0 bridgehead atoms. The molecule has 6 heteroatoms. The molecular weight excluding hydrogens is 274 g/mol. The number of hydrogen-bond donors (Lipinski definition) is 3. The minimum absolute atomic E-state index is 0.0419. The number of aromatic nitrogens is 1. The number of carbonyl (C=O) groups excluding carboxylic acids is 1. The van der Waals surface area contributed by atoms with E-state index in [0.29, 0.717) is 18.4 Å². The number of thiazole rings is 1. The number of aliphatic hydroxyl groups is 1. The zero-order valence-corrected chi connectivity index (χ0v) is 13.5. The first kappa shape index (κ1) is 16.9. The summed E-state index contributed by atoms with van der Waals surface area (Å²) < 4.78 is 0. The molecule has 20 heavy (non-hydrogen) atoms. The molecule has 0 aromatic carbocycles. The number of aliphatic hydroxyl groups excluding tert-OH is 1. The average molecular weight is 299 g/mol. The Morgan fingerprint density at radius 3 is 2.60 bits per heavy atom. The van der Waals surface area contributed by atoms with Gasteiger partial charge in [-0.3, -0.25) is 0 Å². The van der Waals surface area contributed by atoms with Gasteiger partial charge in [0.25, 0.3) is 0 Å². The number of nitrogens with one attached hydrogen (secondary N) is 2. The van der Waals surface area contributed by atoms with Crippen molar-refractivity contribution in [2.75, 3.05) is 6.61 Å². The Balaban J connectivity index is 2.38. The highest BCUT2D eigenvalue weighted by molar-refractivity contribution is 7.09. The van der Waals surface area contributed by atoms with Crippen molar-refractivity contribution in [3.8, 4) is 0 Å². The van der Waals surface area contributed by atoms with Crippen molar-refractivity contribution in [1.82, 2.24) is 15.6 Å². The van der Waals surface area contributed by atoms with Gasteiger partial charge < -0.3 is 15.7 Å². The molecule has 0 fully saturated rings. The molecule has 1 atom stereocenters. The predicted molar refractivity (Wildman–Crippen MR) is 81.9 cm³/mol. The lowest BCUT2D eigenvalue weighted by molar-refractivity contribution is 0.206. The van der Waals surface area contributed by atoms with E-state index in [0.717, 1.165) is 17.1 Å². The summed E-state index contributed by atoms with van der Waals surface area (Å²) in [7, 11) is 0. The molecule has 0 spiro atoms. The minimum atomic E-state index is -0.260. The zero-order chi connectivity index (χ0) is 15.1. The first-order chi connectivity index (χ1) is 9.42. The second-order valence-corrected chi connectivity index (χ2v) is 6.56. The molecule has 1 unspecified atom stereocenters. The predicted octanol–water partition coefficient (Wildman–Crippen LogP) is 2.47.